The maximum atomic E-state index is 14.0. The summed E-state index contributed by atoms with van der Waals surface area (Å²) in [7, 11) is 0. The second-order valence-corrected chi connectivity index (χ2v) is 10.9. The number of carbonyl (C=O) groups excluding carboxylic acids is 2. The Bertz CT molecular complexity index is 1410. The molecule has 0 spiro atoms. The highest BCUT2D eigenvalue weighted by atomic mass is 19.4. The number of carbonyl (C=O) groups is 2. The van der Waals surface area contributed by atoms with E-state index in [9.17, 15) is 36.6 Å². The van der Waals surface area contributed by atoms with Crippen LogP contribution < -0.4 is 10.6 Å². The van der Waals surface area contributed by atoms with E-state index in [1.807, 2.05) is 18.2 Å². The molecule has 2 amide bonds. The number of nitrogens with one attached hydrogen (secondary N) is 2. The maximum Gasteiger partial charge on any atom is 0.389 e. The second-order valence-electron chi connectivity index (χ2n) is 10.9. The predicted octanol–water partition coefficient (Wildman–Crippen LogP) is 5.35. The zero-order chi connectivity index (χ0) is 29.4. The lowest BCUT2D eigenvalue weighted by molar-refractivity contribution is -0.145. The van der Waals surface area contributed by atoms with Crippen LogP contribution in [0.4, 0.5) is 22.0 Å². The van der Waals surface area contributed by atoms with E-state index in [1.165, 1.54) is 16.8 Å². The third kappa shape index (κ3) is 7.38. The molecule has 8 nitrogen and oxygen atoms in total. The summed E-state index contributed by atoms with van der Waals surface area (Å²) in [5, 5.41) is 19.6. The van der Waals surface area contributed by atoms with Crippen molar-refractivity contribution < 1.29 is 36.6 Å². The molecule has 2 atom stereocenters. The van der Waals surface area contributed by atoms with Crippen molar-refractivity contribution in [3.8, 4) is 0 Å². The number of aliphatic hydroxyl groups excluding tert-OH is 1. The summed E-state index contributed by atoms with van der Waals surface area (Å²) in [5.41, 5.74) is 2.26. The van der Waals surface area contributed by atoms with Crippen molar-refractivity contribution >= 4 is 17.5 Å². The Morgan fingerprint density at radius 1 is 1.10 bits per heavy atom. The van der Waals surface area contributed by atoms with Crippen LogP contribution in [-0.4, -0.2) is 43.6 Å². The summed E-state index contributed by atoms with van der Waals surface area (Å²) in [4.78, 5) is 29.7. The molecule has 41 heavy (non-hydrogen) atoms. The fraction of sp³-hybridized carbons (Fsp3) is 0.500. The van der Waals surface area contributed by atoms with E-state index in [0.717, 1.165) is 18.4 Å². The average molecular weight is 580 g/mol. The highest BCUT2D eigenvalue weighted by molar-refractivity contribution is 5.94. The molecule has 1 aromatic carbocycles. The van der Waals surface area contributed by atoms with Gasteiger partial charge in [-0.05, 0) is 61.3 Å². The summed E-state index contributed by atoms with van der Waals surface area (Å²) >= 11 is 0. The lowest BCUT2D eigenvalue weighted by atomic mass is 9.81. The van der Waals surface area contributed by atoms with Gasteiger partial charge in [-0.25, -0.2) is 18.3 Å². The van der Waals surface area contributed by atoms with Crippen molar-refractivity contribution in [1.29, 1.82) is 0 Å². The van der Waals surface area contributed by atoms with Gasteiger partial charge < -0.3 is 15.7 Å². The van der Waals surface area contributed by atoms with Gasteiger partial charge in [-0.3, -0.25) is 9.59 Å². The highest BCUT2D eigenvalue weighted by Crippen LogP contribution is 2.42. The second kappa shape index (κ2) is 11.3. The van der Waals surface area contributed by atoms with Gasteiger partial charge in [0.1, 0.15) is 0 Å². The van der Waals surface area contributed by atoms with Crippen LogP contribution in [0.15, 0.2) is 42.7 Å². The molecule has 3 aromatic rings. The van der Waals surface area contributed by atoms with Crippen LogP contribution in [0, 0.1) is 5.92 Å². The normalized spacial score (nSPS) is 19.1. The SMILES string of the molecule is O=C(CCC(F)(F)F)N[C@H](O)c1cnn2cc(C(NC(=O)c3cccc(C4CC4)c3)C3CCC(F)(F)CC3)nc2c1. The monoisotopic (exact) mass is 579 g/mol. The lowest BCUT2D eigenvalue weighted by Gasteiger charge is -2.33. The summed E-state index contributed by atoms with van der Waals surface area (Å²) in [6, 6.07) is 8.06. The first-order valence-corrected chi connectivity index (χ1v) is 13.5. The van der Waals surface area contributed by atoms with E-state index >= 15 is 0 Å². The smallest absolute Gasteiger partial charge is 0.369 e. The van der Waals surface area contributed by atoms with Gasteiger partial charge in [-0.2, -0.15) is 18.3 Å². The minimum atomic E-state index is -4.50. The van der Waals surface area contributed by atoms with E-state index in [4.69, 9.17) is 0 Å². The fourth-order valence-corrected chi connectivity index (χ4v) is 5.18. The summed E-state index contributed by atoms with van der Waals surface area (Å²) in [5.74, 6) is -3.96. The largest absolute Gasteiger partial charge is 0.389 e. The summed E-state index contributed by atoms with van der Waals surface area (Å²) in [6.07, 6.45) is -3.61. The van der Waals surface area contributed by atoms with Crippen molar-refractivity contribution in [2.75, 3.05) is 0 Å². The number of halogens is 5. The average Bonchev–Trinajstić information content (AvgIpc) is 3.69. The molecule has 2 saturated carbocycles. The van der Waals surface area contributed by atoms with E-state index in [0.29, 0.717) is 17.2 Å². The summed E-state index contributed by atoms with van der Waals surface area (Å²) < 4.78 is 66.5. The third-order valence-electron chi connectivity index (χ3n) is 7.64. The Hall–Kier alpha value is -3.61. The van der Waals surface area contributed by atoms with Gasteiger partial charge in [-0.1, -0.05) is 12.1 Å². The molecule has 13 heteroatoms. The molecule has 0 saturated heterocycles. The van der Waals surface area contributed by atoms with E-state index in [1.54, 1.807) is 12.3 Å². The van der Waals surface area contributed by atoms with E-state index in [2.05, 4.69) is 20.7 Å². The van der Waals surface area contributed by atoms with Crippen LogP contribution >= 0.6 is 0 Å². The van der Waals surface area contributed by atoms with Gasteiger partial charge in [-0.15, -0.1) is 0 Å². The van der Waals surface area contributed by atoms with Crippen molar-refractivity contribution in [3.05, 3.63) is 65.1 Å². The standard InChI is InChI=1S/C28H30F5N5O3/c29-27(30)9-6-17(7-10-27)24(37-25(40)19-3-1-2-18(12-19)16-4-5-16)21-15-38-22(35-21)13-20(14-34-38)26(41)36-23(39)8-11-28(31,32)33/h1-3,12-17,24,26,41H,4-11H2,(H,36,39)(H,37,40)/t24?,26-/m1/s1. The first-order valence-electron chi connectivity index (χ1n) is 13.5. The predicted molar refractivity (Wildman–Crippen MR) is 137 cm³/mol. The molecular weight excluding hydrogens is 549 g/mol. The fourth-order valence-electron chi connectivity index (χ4n) is 5.18. The maximum absolute atomic E-state index is 14.0. The van der Waals surface area contributed by atoms with Crippen LogP contribution in [0.3, 0.4) is 0 Å². The van der Waals surface area contributed by atoms with E-state index in [-0.39, 0.29) is 48.7 Å². The minimum Gasteiger partial charge on any atom is -0.369 e. The van der Waals surface area contributed by atoms with Crippen molar-refractivity contribution in [3.63, 3.8) is 0 Å². The zero-order valence-corrected chi connectivity index (χ0v) is 22.0. The van der Waals surface area contributed by atoms with E-state index < -0.39 is 43.1 Å². The molecule has 2 aliphatic carbocycles. The summed E-state index contributed by atoms with van der Waals surface area (Å²) in [6.45, 7) is 0. The molecule has 0 radical (unpaired) electrons. The minimum absolute atomic E-state index is 0.0878. The Labute approximate surface area is 232 Å². The molecule has 2 aliphatic rings. The Morgan fingerprint density at radius 2 is 1.83 bits per heavy atom. The van der Waals surface area contributed by atoms with Gasteiger partial charge >= 0.3 is 6.18 Å². The topological polar surface area (TPSA) is 109 Å². The first kappa shape index (κ1) is 28.9. The van der Waals surface area contributed by atoms with Gasteiger partial charge in [0.2, 0.25) is 11.8 Å². The molecular formula is C28H30F5N5O3. The van der Waals surface area contributed by atoms with Gasteiger partial charge in [0.15, 0.2) is 11.9 Å². The molecule has 2 aromatic heterocycles. The highest BCUT2D eigenvalue weighted by Gasteiger charge is 2.39. The number of nitrogens with zero attached hydrogens (tertiary/aromatic N) is 3. The Morgan fingerprint density at radius 3 is 2.51 bits per heavy atom. The van der Waals surface area contributed by atoms with Gasteiger partial charge in [0, 0.05) is 30.4 Å². The van der Waals surface area contributed by atoms with Crippen LogP contribution in [0.2, 0.25) is 0 Å². The number of amides is 2. The lowest BCUT2D eigenvalue weighted by Crippen LogP contribution is -2.37. The number of aliphatic hydroxyl groups is 1. The molecule has 0 aliphatic heterocycles. The molecule has 5 rings (SSSR count). The molecule has 2 heterocycles. The number of imidazole rings is 1. The quantitative estimate of drug-likeness (QED) is 0.234. The number of hydrogen-bond donors (Lipinski definition) is 3. The van der Waals surface area contributed by atoms with Crippen molar-refractivity contribution in [2.45, 2.75) is 81.7 Å². The molecule has 220 valence electrons. The molecule has 2 fully saturated rings. The molecule has 0 bridgehead atoms. The van der Waals surface area contributed by atoms with Crippen LogP contribution in [0.5, 0.6) is 0 Å². The van der Waals surface area contributed by atoms with Crippen LogP contribution in [0.1, 0.15) is 96.7 Å². The van der Waals surface area contributed by atoms with Crippen molar-refractivity contribution in [2.24, 2.45) is 5.92 Å². The van der Waals surface area contributed by atoms with Crippen LogP contribution in [0.25, 0.3) is 5.65 Å². The van der Waals surface area contributed by atoms with Crippen molar-refractivity contribution in [1.82, 2.24) is 25.2 Å². The van der Waals surface area contributed by atoms with Gasteiger partial charge in [0.05, 0.1) is 30.6 Å². The number of benzene rings is 1. The Balaban J connectivity index is 1.36. The number of aromatic nitrogens is 3. The number of fused-ring (bicyclic) bond motifs is 1. The van der Waals surface area contributed by atoms with Crippen LogP contribution in [-0.2, 0) is 4.79 Å². The number of alkyl halides is 5. The van der Waals surface area contributed by atoms with Gasteiger partial charge in [0.25, 0.3) is 5.91 Å². The number of rotatable bonds is 9. The number of hydrogen-bond acceptors (Lipinski definition) is 5. The third-order valence-corrected chi connectivity index (χ3v) is 7.64. The molecule has 1 unspecified atom stereocenters. The first-order chi connectivity index (χ1) is 19.4. The molecule has 3 N–H and O–H groups in total. The zero-order valence-electron chi connectivity index (χ0n) is 22.0. The Kier molecular flexibility index (Phi) is 8.00.